The lowest BCUT2D eigenvalue weighted by Gasteiger charge is -2.09. The molecule has 2 rings (SSSR count). The third-order valence-corrected chi connectivity index (χ3v) is 3.15. The summed E-state index contributed by atoms with van der Waals surface area (Å²) in [6, 6.07) is 5.44. The predicted molar refractivity (Wildman–Crippen MR) is 77.1 cm³/mol. The van der Waals surface area contributed by atoms with Crippen molar-refractivity contribution in [3.8, 4) is 11.6 Å². The van der Waals surface area contributed by atoms with Crippen LogP contribution in [-0.2, 0) is 0 Å². The maximum Gasteiger partial charge on any atom is 0.339 e. The smallest absolute Gasteiger partial charge is 0.339 e. The maximum atomic E-state index is 11.1. The number of nitro groups is 1. The fraction of sp³-hybridized carbons (Fsp3) is 0. The van der Waals surface area contributed by atoms with E-state index in [1.54, 1.807) is 6.07 Å². The van der Waals surface area contributed by atoms with Gasteiger partial charge >= 0.3 is 5.97 Å². The highest BCUT2D eigenvalue weighted by Gasteiger charge is 2.17. The molecule has 0 fully saturated rings. The second-order valence-corrected chi connectivity index (χ2v) is 5.11. The lowest BCUT2D eigenvalue weighted by molar-refractivity contribution is -0.385. The van der Waals surface area contributed by atoms with Crippen molar-refractivity contribution in [3.05, 3.63) is 55.6 Å². The number of aromatic carboxylic acids is 1. The van der Waals surface area contributed by atoms with E-state index in [4.69, 9.17) is 21.4 Å². The number of carboxylic acid groups (broad SMARTS) is 1. The maximum absolute atomic E-state index is 11.1. The van der Waals surface area contributed by atoms with Gasteiger partial charge in [-0.2, -0.15) is 0 Å². The molecule has 1 N–H and O–H groups in total. The van der Waals surface area contributed by atoms with Crippen LogP contribution in [0.15, 0.2) is 34.9 Å². The van der Waals surface area contributed by atoms with Crippen molar-refractivity contribution in [3.63, 3.8) is 0 Å². The quantitative estimate of drug-likeness (QED) is 0.644. The summed E-state index contributed by atoms with van der Waals surface area (Å²) in [4.78, 5) is 24.8. The molecule has 1 aromatic heterocycles. The number of aromatic nitrogens is 1. The molecule has 0 unspecified atom stereocenters. The SMILES string of the molecule is O=C(O)c1cc(Br)ccc1Oc1ncc([N+](=O)[O-])cc1Cl. The van der Waals surface area contributed by atoms with E-state index in [2.05, 4.69) is 20.9 Å². The largest absolute Gasteiger partial charge is 0.478 e. The number of halogens is 2. The second-order valence-electron chi connectivity index (χ2n) is 3.79. The Hall–Kier alpha value is -2.19. The molecular weight excluding hydrogens is 367 g/mol. The number of carboxylic acids is 1. The van der Waals surface area contributed by atoms with Crippen LogP contribution in [0.2, 0.25) is 5.02 Å². The zero-order valence-electron chi connectivity index (χ0n) is 10.1. The highest BCUT2D eigenvalue weighted by molar-refractivity contribution is 9.10. The Morgan fingerprint density at radius 2 is 2.14 bits per heavy atom. The monoisotopic (exact) mass is 372 g/mol. The zero-order valence-corrected chi connectivity index (χ0v) is 12.5. The van der Waals surface area contributed by atoms with E-state index in [1.165, 1.54) is 12.1 Å². The van der Waals surface area contributed by atoms with Crippen LogP contribution < -0.4 is 4.74 Å². The van der Waals surface area contributed by atoms with Crippen LogP contribution in [-0.4, -0.2) is 21.0 Å². The van der Waals surface area contributed by atoms with Gasteiger partial charge in [0.15, 0.2) is 0 Å². The Morgan fingerprint density at radius 3 is 2.71 bits per heavy atom. The van der Waals surface area contributed by atoms with Crippen molar-refractivity contribution in [2.24, 2.45) is 0 Å². The Balaban J connectivity index is 2.39. The second kappa shape index (κ2) is 6.06. The molecule has 0 atom stereocenters. The van der Waals surface area contributed by atoms with Crippen LogP contribution in [0.1, 0.15) is 10.4 Å². The first-order chi connectivity index (χ1) is 9.88. The molecule has 0 bridgehead atoms. The summed E-state index contributed by atoms with van der Waals surface area (Å²) >= 11 is 8.99. The summed E-state index contributed by atoms with van der Waals surface area (Å²) in [5.74, 6) is -1.29. The first-order valence-electron chi connectivity index (χ1n) is 5.39. The number of rotatable bonds is 4. The van der Waals surface area contributed by atoms with Crippen molar-refractivity contribution in [2.75, 3.05) is 0 Å². The van der Waals surface area contributed by atoms with Gasteiger partial charge in [0.25, 0.3) is 5.69 Å². The molecular formula is C12H6BrClN2O5. The first-order valence-corrected chi connectivity index (χ1v) is 6.56. The van der Waals surface area contributed by atoms with Gasteiger partial charge in [-0.3, -0.25) is 10.1 Å². The van der Waals surface area contributed by atoms with E-state index >= 15 is 0 Å². The number of benzene rings is 1. The number of ether oxygens (including phenoxy) is 1. The minimum absolute atomic E-state index is 0.0222. The first kappa shape index (κ1) is 15.2. The topological polar surface area (TPSA) is 103 Å². The molecule has 0 radical (unpaired) electrons. The van der Waals surface area contributed by atoms with Gasteiger partial charge in [-0.1, -0.05) is 27.5 Å². The van der Waals surface area contributed by atoms with E-state index < -0.39 is 10.9 Å². The highest BCUT2D eigenvalue weighted by atomic mass is 79.9. The van der Waals surface area contributed by atoms with Gasteiger partial charge in [0.2, 0.25) is 5.88 Å². The van der Waals surface area contributed by atoms with E-state index in [9.17, 15) is 14.9 Å². The van der Waals surface area contributed by atoms with E-state index in [0.717, 1.165) is 12.3 Å². The third kappa shape index (κ3) is 3.47. The summed E-state index contributed by atoms with van der Waals surface area (Å²) in [6.45, 7) is 0. The molecule has 2 aromatic rings. The number of carbonyl (C=O) groups is 1. The molecule has 0 aliphatic rings. The highest BCUT2D eigenvalue weighted by Crippen LogP contribution is 2.32. The molecule has 7 nitrogen and oxygen atoms in total. The molecule has 9 heteroatoms. The van der Waals surface area contributed by atoms with E-state index in [-0.39, 0.29) is 27.9 Å². The summed E-state index contributed by atoms with van der Waals surface area (Å²) in [5.41, 5.74) is -0.387. The fourth-order valence-corrected chi connectivity index (χ4v) is 2.01. The standard InChI is InChI=1S/C12H6BrClN2O5/c13-6-1-2-10(8(3-6)12(17)18)21-11-9(14)4-7(5-15-11)16(19)20/h1-5H,(H,17,18). The molecule has 0 aliphatic heterocycles. The summed E-state index contributed by atoms with van der Waals surface area (Å²) < 4.78 is 5.89. The molecule has 1 heterocycles. The molecule has 0 spiro atoms. The molecule has 108 valence electrons. The van der Waals surface area contributed by atoms with E-state index in [0.29, 0.717) is 4.47 Å². The average molecular weight is 374 g/mol. The summed E-state index contributed by atoms with van der Waals surface area (Å²) in [7, 11) is 0. The average Bonchev–Trinajstić information content (AvgIpc) is 2.42. The molecule has 0 amide bonds. The van der Waals surface area contributed by atoms with Crippen LogP contribution in [0.4, 0.5) is 5.69 Å². The van der Waals surface area contributed by atoms with Gasteiger partial charge in [-0.25, -0.2) is 9.78 Å². The normalized spacial score (nSPS) is 10.2. The van der Waals surface area contributed by atoms with Crippen molar-refractivity contribution < 1.29 is 19.6 Å². The van der Waals surface area contributed by atoms with Gasteiger partial charge in [0.1, 0.15) is 22.5 Å². The van der Waals surface area contributed by atoms with Crippen LogP contribution >= 0.6 is 27.5 Å². The number of hydrogen-bond acceptors (Lipinski definition) is 5. The van der Waals surface area contributed by atoms with Crippen LogP contribution in [0.25, 0.3) is 0 Å². The number of hydrogen-bond donors (Lipinski definition) is 1. The molecule has 0 saturated heterocycles. The van der Waals surface area contributed by atoms with Gasteiger partial charge in [-0.15, -0.1) is 0 Å². The van der Waals surface area contributed by atoms with Gasteiger partial charge in [-0.05, 0) is 18.2 Å². The molecule has 21 heavy (non-hydrogen) atoms. The van der Waals surface area contributed by atoms with Crippen molar-refractivity contribution in [2.45, 2.75) is 0 Å². The van der Waals surface area contributed by atoms with Gasteiger partial charge < -0.3 is 9.84 Å². The van der Waals surface area contributed by atoms with E-state index in [1.807, 2.05) is 0 Å². The molecule has 0 saturated carbocycles. The lowest BCUT2D eigenvalue weighted by Crippen LogP contribution is -2.01. The zero-order chi connectivity index (χ0) is 15.6. The predicted octanol–water partition coefficient (Wildman–Crippen LogP) is 3.90. The third-order valence-electron chi connectivity index (χ3n) is 2.38. The fourth-order valence-electron chi connectivity index (χ4n) is 1.45. The number of pyridine rings is 1. The van der Waals surface area contributed by atoms with Crippen molar-refractivity contribution in [1.82, 2.24) is 4.98 Å². The minimum atomic E-state index is -1.19. The van der Waals surface area contributed by atoms with Crippen molar-refractivity contribution >= 4 is 39.2 Å². The molecule has 1 aromatic carbocycles. The van der Waals surface area contributed by atoms with Gasteiger partial charge in [0, 0.05) is 10.5 Å². The lowest BCUT2D eigenvalue weighted by atomic mass is 10.2. The Kier molecular flexibility index (Phi) is 4.39. The van der Waals surface area contributed by atoms with Crippen LogP contribution in [0, 0.1) is 10.1 Å². The Morgan fingerprint density at radius 1 is 1.43 bits per heavy atom. The minimum Gasteiger partial charge on any atom is -0.478 e. The summed E-state index contributed by atoms with van der Waals surface area (Å²) in [5, 5.41) is 19.6. The van der Waals surface area contributed by atoms with Gasteiger partial charge in [0.05, 0.1) is 4.92 Å². The van der Waals surface area contributed by atoms with Crippen LogP contribution in [0.5, 0.6) is 11.6 Å². The van der Waals surface area contributed by atoms with Crippen molar-refractivity contribution in [1.29, 1.82) is 0 Å². The molecule has 0 aliphatic carbocycles. The van der Waals surface area contributed by atoms with Crippen LogP contribution in [0.3, 0.4) is 0 Å². The Bertz CT molecular complexity index is 738. The Labute approximate surface area is 131 Å². The summed E-state index contributed by atoms with van der Waals surface area (Å²) in [6.07, 6.45) is 0.973. The number of nitrogens with zero attached hydrogens (tertiary/aromatic N) is 2.